The predicted molar refractivity (Wildman–Crippen MR) is 156 cm³/mol. The van der Waals surface area contributed by atoms with E-state index in [0.29, 0.717) is 26.2 Å². The Kier molecular flexibility index (Phi) is 7.72. The number of hydrogen-bond donors (Lipinski definition) is 3. The molecular weight excluding hydrogens is 540 g/mol. The summed E-state index contributed by atoms with van der Waals surface area (Å²) < 4.78 is 36.9. The van der Waals surface area contributed by atoms with Gasteiger partial charge in [-0.3, -0.25) is 9.59 Å². The van der Waals surface area contributed by atoms with Gasteiger partial charge in [-0.25, -0.2) is 8.78 Å². The highest BCUT2D eigenvalue weighted by atomic mass is 19.1. The number of nitrogens with zero attached hydrogens (tertiary/aromatic N) is 1. The molecule has 0 saturated carbocycles. The van der Waals surface area contributed by atoms with Crippen molar-refractivity contribution in [1.29, 1.82) is 0 Å². The van der Waals surface area contributed by atoms with Crippen LogP contribution in [0.5, 0.6) is 0 Å². The Morgan fingerprint density at radius 1 is 1.10 bits per heavy atom. The third-order valence-corrected chi connectivity index (χ3v) is 8.15. The number of aromatic nitrogens is 1. The Morgan fingerprint density at radius 3 is 2.67 bits per heavy atom. The van der Waals surface area contributed by atoms with Gasteiger partial charge in [0.15, 0.2) is 0 Å². The van der Waals surface area contributed by atoms with Crippen molar-refractivity contribution >= 4 is 22.9 Å². The largest absolute Gasteiger partial charge is 0.388 e. The molecule has 3 N–H and O–H groups in total. The number of aliphatic hydroxyl groups is 1. The molecule has 4 aromatic rings. The molecule has 0 bridgehead atoms. The monoisotopic (exact) mass is 571 g/mol. The molecule has 3 heterocycles. The molecule has 1 aliphatic carbocycles. The quantitative estimate of drug-likeness (QED) is 0.198. The maximum Gasteiger partial charge on any atom is 0.248 e. The number of halogens is 2. The van der Waals surface area contributed by atoms with Crippen LogP contribution >= 0.6 is 0 Å². The molecule has 1 unspecified atom stereocenters. The number of ether oxygens (including phenoxy) is 1. The second kappa shape index (κ2) is 11.6. The Hall–Kier alpha value is -4.18. The zero-order chi connectivity index (χ0) is 29.4. The highest BCUT2D eigenvalue weighted by Crippen LogP contribution is 2.39. The molecule has 2 aliphatic rings. The molecule has 6 rings (SSSR count). The van der Waals surface area contributed by atoms with Crippen LogP contribution in [-0.4, -0.2) is 47.0 Å². The van der Waals surface area contributed by atoms with Crippen LogP contribution < -0.4 is 10.6 Å². The zero-order valence-electron chi connectivity index (χ0n) is 23.1. The van der Waals surface area contributed by atoms with Gasteiger partial charge in [0.1, 0.15) is 17.3 Å². The number of amides is 1. The van der Waals surface area contributed by atoms with Gasteiger partial charge in [0.2, 0.25) is 11.7 Å². The number of carbonyl (C=O) groups excluding carboxylic acids is 2. The molecule has 0 spiro atoms. The number of aliphatic hydroxyl groups excluding tert-OH is 1. The van der Waals surface area contributed by atoms with Crippen molar-refractivity contribution < 1.29 is 28.2 Å². The SMILES string of the molecule is Cc1c(-c2cccn3c(C(=O)c4cc(F)c(NC(=O)/C=C/CN[C@@H]5CCOC5)c(F)c4)ccc23)ccc2c1CCC2O. The third kappa shape index (κ3) is 5.27. The normalized spacial score (nSPS) is 18.2. The number of pyridine rings is 1. The molecule has 216 valence electrons. The van der Waals surface area contributed by atoms with Crippen LogP contribution in [0.15, 0.2) is 66.9 Å². The van der Waals surface area contributed by atoms with E-state index in [-0.39, 0.29) is 17.3 Å². The number of carbonyl (C=O) groups is 2. The molecule has 42 heavy (non-hydrogen) atoms. The Labute approximate surface area is 241 Å². The van der Waals surface area contributed by atoms with E-state index in [1.165, 1.54) is 6.08 Å². The maximum atomic E-state index is 15.0. The van der Waals surface area contributed by atoms with Crippen LogP contribution in [0.4, 0.5) is 14.5 Å². The van der Waals surface area contributed by atoms with E-state index in [4.69, 9.17) is 4.74 Å². The van der Waals surface area contributed by atoms with E-state index >= 15 is 0 Å². The van der Waals surface area contributed by atoms with Crippen molar-refractivity contribution in [2.24, 2.45) is 0 Å². The lowest BCUT2D eigenvalue weighted by Gasteiger charge is -2.14. The molecule has 7 nitrogen and oxygen atoms in total. The minimum atomic E-state index is -1.04. The van der Waals surface area contributed by atoms with E-state index in [9.17, 15) is 23.5 Å². The number of ketones is 1. The summed E-state index contributed by atoms with van der Waals surface area (Å²) in [6.07, 6.45) is 6.46. The van der Waals surface area contributed by atoms with Gasteiger partial charge in [-0.2, -0.15) is 0 Å². The highest BCUT2D eigenvalue weighted by molar-refractivity contribution is 6.09. The van der Waals surface area contributed by atoms with Crippen molar-refractivity contribution in [2.75, 3.05) is 25.1 Å². The molecule has 2 aromatic heterocycles. The summed E-state index contributed by atoms with van der Waals surface area (Å²) in [7, 11) is 0. The first-order chi connectivity index (χ1) is 20.3. The molecule has 1 saturated heterocycles. The number of anilines is 1. The summed E-state index contributed by atoms with van der Waals surface area (Å²) >= 11 is 0. The fourth-order valence-electron chi connectivity index (χ4n) is 5.93. The third-order valence-electron chi connectivity index (χ3n) is 8.15. The van der Waals surface area contributed by atoms with Crippen LogP contribution in [0.25, 0.3) is 16.6 Å². The Balaban J connectivity index is 1.22. The summed E-state index contributed by atoms with van der Waals surface area (Å²) in [6.45, 7) is 3.76. The average Bonchev–Trinajstić information content (AvgIpc) is 3.74. The van der Waals surface area contributed by atoms with Crippen molar-refractivity contribution in [3.05, 3.63) is 106 Å². The second-order valence-corrected chi connectivity index (χ2v) is 10.8. The lowest BCUT2D eigenvalue weighted by atomic mass is 9.93. The van der Waals surface area contributed by atoms with Crippen LogP contribution in [0.2, 0.25) is 0 Å². The number of hydrogen-bond acceptors (Lipinski definition) is 5. The van der Waals surface area contributed by atoms with Gasteiger partial charge in [0.05, 0.1) is 23.9 Å². The lowest BCUT2D eigenvalue weighted by Crippen LogP contribution is -2.29. The van der Waals surface area contributed by atoms with E-state index in [0.717, 1.165) is 58.3 Å². The van der Waals surface area contributed by atoms with Gasteiger partial charge < -0.3 is 24.9 Å². The minimum absolute atomic E-state index is 0.172. The summed E-state index contributed by atoms with van der Waals surface area (Å²) in [5.74, 6) is -3.33. The number of nitrogens with one attached hydrogen (secondary N) is 2. The van der Waals surface area contributed by atoms with Crippen LogP contribution in [0.3, 0.4) is 0 Å². The van der Waals surface area contributed by atoms with Gasteiger partial charge in [-0.05, 0) is 78.8 Å². The topological polar surface area (TPSA) is 92.1 Å². The highest BCUT2D eigenvalue weighted by Gasteiger charge is 2.25. The van der Waals surface area contributed by atoms with Crippen molar-refractivity contribution in [2.45, 2.75) is 38.3 Å². The molecular formula is C33H31F2N3O4. The predicted octanol–water partition coefficient (Wildman–Crippen LogP) is 5.28. The molecule has 2 aromatic carbocycles. The van der Waals surface area contributed by atoms with E-state index in [1.54, 1.807) is 22.7 Å². The first-order valence-electron chi connectivity index (χ1n) is 14.0. The van der Waals surface area contributed by atoms with Gasteiger partial charge in [-0.1, -0.05) is 24.3 Å². The smallest absolute Gasteiger partial charge is 0.248 e. The molecule has 9 heteroatoms. The summed E-state index contributed by atoms with van der Waals surface area (Å²) in [5.41, 5.74) is 5.34. The Morgan fingerprint density at radius 2 is 1.90 bits per heavy atom. The molecule has 2 atom stereocenters. The molecule has 1 aliphatic heterocycles. The van der Waals surface area contributed by atoms with E-state index in [1.807, 2.05) is 37.3 Å². The standard InChI is InChI=1S/C33H31F2N3O4/c1-19-22(6-7-25-23(19)8-11-30(25)39)24-4-3-14-38-28(24)9-10-29(38)33(41)20-16-26(34)32(27(35)17-20)37-31(40)5-2-13-36-21-12-15-42-18-21/h2-7,9-10,14,16-17,21,30,36,39H,8,11-13,15,18H2,1H3,(H,37,40)/b5-2+/t21-,30?/m1/s1. The van der Waals surface area contributed by atoms with Crippen molar-refractivity contribution in [1.82, 2.24) is 9.72 Å². The fraction of sp³-hybridized carbons (Fsp3) is 0.273. The number of rotatable bonds is 8. The van der Waals surface area contributed by atoms with Crippen LogP contribution in [0.1, 0.15) is 51.7 Å². The van der Waals surface area contributed by atoms with E-state index in [2.05, 4.69) is 10.6 Å². The Bertz CT molecular complexity index is 1700. The van der Waals surface area contributed by atoms with Crippen molar-refractivity contribution in [3.8, 4) is 11.1 Å². The number of fused-ring (bicyclic) bond motifs is 2. The van der Waals surface area contributed by atoms with Gasteiger partial charge >= 0.3 is 0 Å². The van der Waals surface area contributed by atoms with Crippen LogP contribution in [0, 0.1) is 18.6 Å². The van der Waals surface area contributed by atoms with E-state index < -0.39 is 35.1 Å². The first kappa shape index (κ1) is 28.0. The minimum Gasteiger partial charge on any atom is -0.388 e. The second-order valence-electron chi connectivity index (χ2n) is 10.8. The summed E-state index contributed by atoms with van der Waals surface area (Å²) in [6, 6.07) is 13.3. The zero-order valence-corrected chi connectivity index (χ0v) is 23.1. The van der Waals surface area contributed by atoms with Crippen LogP contribution in [-0.2, 0) is 16.0 Å². The number of benzene rings is 2. The fourth-order valence-corrected chi connectivity index (χ4v) is 5.93. The van der Waals surface area contributed by atoms with Gasteiger partial charge in [-0.15, -0.1) is 0 Å². The molecule has 0 radical (unpaired) electrons. The van der Waals surface area contributed by atoms with Gasteiger partial charge in [0, 0.05) is 42.6 Å². The average molecular weight is 572 g/mol. The maximum absolute atomic E-state index is 15.0. The van der Waals surface area contributed by atoms with Gasteiger partial charge in [0.25, 0.3) is 0 Å². The lowest BCUT2D eigenvalue weighted by molar-refractivity contribution is -0.112. The molecule has 1 amide bonds. The first-order valence-corrected chi connectivity index (χ1v) is 14.0. The van der Waals surface area contributed by atoms with Crippen molar-refractivity contribution in [3.63, 3.8) is 0 Å². The molecule has 1 fully saturated rings. The summed E-state index contributed by atoms with van der Waals surface area (Å²) in [5, 5.41) is 15.7. The summed E-state index contributed by atoms with van der Waals surface area (Å²) in [4.78, 5) is 25.7.